The van der Waals surface area contributed by atoms with E-state index in [-0.39, 0.29) is 0 Å². The van der Waals surface area contributed by atoms with Crippen LogP contribution in [0.4, 0.5) is 0 Å². The van der Waals surface area contributed by atoms with Gasteiger partial charge >= 0.3 is 142 Å². The first kappa shape index (κ1) is 15.5. The first-order valence-corrected chi connectivity index (χ1v) is 28.1. The molecule has 0 aromatic heterocycles. The Kier molecular flexibility index (Phi) is 3.38. The second-order valence-electron chi connectivity index (χ2n) is 9.47. The van der Waals surface area contributed by atoms with Crippen molar-refractivity contribution in [3.8, 4) is 11.1 Å². The van der Waals surface area contributed by atoms with E-state index in [1.165, 1.54) is 28.7 Å². The molecule has 0 unspecified atom stereocenters. The summed E-state index contributed by atoms with van der Waals surface area (Å²) < 4.78 is 8.80. The maximum absolute atomic E-state index is 3.30. The van der Waals surface area contributed by atoms with Crippen molar-refractivity contribution in [1.82, 2.24) is 0 Å². The number of hydrogen-bond acceptors (Lipinski definition) is 0. The Balaban J connectivity index is 1.97. The molecule has 118 valence electrons. The van der Waals surface area contributed by atoms with Gasteiger partial charge in [-0.2, -0.15) is 0 Å². The normalized spacial score (nSPS) is 17.8. The Bertz CT molecular complexity index is 954. The van der Waals surface area contributed by atoms with Gasteiger partial charge in [-0.3, -0.25) is 0 Å². The molecule has 4 rings (SSSR count). The Labute approximate surface area is 141 Å². The molecular formula is C21H26SiZr. The quantitative estimate of drug-likeness (QED) is 0.575. The zero-order chi connectivity index (χ0) is 16.3. The van der Waals surface area contributed by atoms with E-state index in [0.717, 1.165) is 6.42 Å². The van der Waals surface area contributed by atoms with E-state index in [0.29, 0.717) is 0 Å². The molecule has 23 heavy (non-hydrogen) atoms. The molecular weight excluding hydrogens is 372 g/mol. The van der Waals surface area contributed by atoms with Crippen molar-refractivity contribution < 1.29 is 17.4 Å². The van der Waals surface area contributed by atoms with Crippen LogP contribution in [-0.2, 0) is 23.8 Å². The van der Waals surface area contributed by atoms with Crippen LogP contribution in [0.5, 0.6) is 0 Å². The van der Waals surface area contributed by atoms with E-state index in [9.17, 15) is 0 Å². The Morgan fingerprint density at radius 1 is 0.957 bits per heavy atom. The fourth-order valence-electron chi connectivity index (χ4n) is 5.53. The minimum atomic E-state index is -3.30. The van der Waals surface area contributed by atoms with Crippen LogP contribution in [0.3, 0.4) is 0 Å². The van der Waals surface area contributed by atoms with Crippen molar-refractivity contribution in [2.75, 3.05) is 0 Å². The van der Waals surface area contributed by atoms with Gasteiger partial charge in [-0.1, -0.05) is 0 Å². The summed E-state index contributed by atoms with van der Waals surface area (Å²) >= 11 is -3.30. The van der Waals surface area contributed by atoms with Gasteiger partial charge < -0.3 is 0 Å². The Hall–Kier alpha value is -0.980. The third kappa shape index (κ3) is 2.26. The summed E-state index contributed by atoms with van der Waals surface area (Å²) in [6.07, 6.45) is 7.00. The molecule has 0 amide bonds. The fraction of sp³-hybridized carbons (Fsp3) is 0.238. The molecule has 0 heterocycles. The van der Waals surface area contributed by atoms with Crippen molar-refractivity contribution in [1.29, 1.82) is 0 Å². The molecule has 2 aromatic rings. The molecule has 2 aromatic carbocycles. The minimum absolute atomic E-state index is 1.12. The molecule has 0 bridgehead atoms. The molecule has 0 atom stereocenters. The number of rotatable bonds is 2. The fourth-order valence-corrected chi connectivity index (χ4v) is 26.7. The first-order valence-electron chi connectivity index (χ1n) is 9.28. The van der Waals surface area contributed by atoms with Crippen LogP contribution in [-0.4, -0.2) is 6.88 Å². The van der Waals surface area contributed by atoms with E-state index in [1.54, 1.807) is 12.1 Å². The second kappa shape index (κ2) is 5.01. The standard InChI is InChI=1S/C13H9.C6H7.2CH3.H2Si.Zr.2H/c1-3-7-12-10(5-1)9-11-6-2-4-8-13(11)12;1-6-4-2-3-5-6;;;;;;/h1-5,7-8H,9H2;2,4H,3H2,1H3;2*1H3;1H2;;;. The summed E-state index contributed by atoms with van der Waals surface area (Å²) in [5, 5.41) is 0. The summed E-state index contributed by atoms with van der Waals surface area (Å²) in [6.45, 7) is 4.69. The molecule has 2 aliphatic carbocycles. The average molecular weight is 398 g/mol. The van der Waals surface area contributed by atoms with Gasteiger partial charge in [0.25, 0.3) is 0 Å². The Morgan fingerprint density at radius 3 is 2.43 bits per heavy atom. The number of hydrogen-bond donors (Lipinski definition) is 0. The molecule has 0 saturated heterocycles. The van der Waals surface area contributed by atoms with Crippen LogP contribution in [0, 0.1) is 0 Å². The third-order valence-electron chi connectivity index (χ3n) is 6.83. The van der Waals surface area contributed by atoms with E-state index >= 15 is 0 Å². The van der Waals surface area contributed by atoms with Gasteiger partial charge in [0.15, 0.2) is 0 Å². The van der Waals surface area contributed by atoms with Gasteiger partial charge in [-0.05, 0) is 0 Å². The number of allylic oxidation sites excluding steroid dienone is 4. The molecule has 0 radical (unpaired) electrons. The van der Waals surface area contributed by atoms with Crippen LogP contribution in [0.15, 0.2) is 63.5 Å². The molecule has 0 nitrogen and oxygen atoms in total. The van der Waals surface area contributed by atoms with Gasteiger partial charge in [0.1, 0.15) is 0 Å². The summed E-state index contributed by atoms with van der Waals surface area (Å²) in [7, 11) is 0. The number of fused-ring (bicyclic) bond motifs is 3. The predicted octanol–water partition coefficient (Wildman–Crippen LogP) is 3.92. The van der Waals surface area contributed by atoms with Crippen molar-refractivity contribution in [2.24, 2.45) is 0 Å². The maximum atomic E-state index is 2.65. The van der Waals surface area contributed by atoms with Crippen LogP contribution in [0.1, 0.15) is 24.5 Å². The summed E-state index contributed by atoms with van der Waals surface area (Å²) in [5.74, 6) is 0. The van der Waals surface area contributed by atoms with Crippen molar-refractivity contribution >= 4 is 10.2 Å². The van der Waals surface area contributed by atoms with Gasteiger partial charge in [-0.25, -0.2) is 0 Å². The van der Waals surface area contributed by atoms with Crippen molar-refractivity contribution in [3.63, 3.8) is 0 Å². The molecule has 0 fully saturated rings. The zero-order valence-electron chi connectivity index (χ0n) is 14.5. The van der Waals surface area contributed by atoms with E-state index < -0.39 is 17.4 Å². The summed E-state index contributed by atoms with van der Waals surface area (Å²) in [4.78, 5) is 0. The van der Waals surface area contributed by atoms with Crippen LogP contribution < -0.4 is 3.27 Å². The predicted molar refractivity (Wildman–Crippen MR) is 104 cm³/mol. The summed E-state index contributed by atoms with van der Waals surface area (Å²) in [5.41, 5.74) is 7.61. The van der Waals surface area contributed by atoms with Gasteiger partial charge in [0, 0.05) is 0 Å². The average Bonchev–Trinajstić information content (AvgIpc) is 3.10. The van der Waals surface area contributed by atoms with Crippen molar-refractivity contribution in [3.05, 3.63) is 74.6 Å². The third-order valence-corrected chi connectivity index (χ3v) is 30.0. The molecule has 0 aliphatic heterocycles. The van der Waals surface area contributed by atoms with Crippen LogP contribution in [0.2, 0.25) is 9.26 Å². The first-order chi connectivity index (χ1) is 10.9. The Morgan fingerprint density at radius 2 is 1.70 bits per heavy atom. The van der Waals surface area contributed by atoms with E-state index in [2.05, 4.69) is 77.7 Å². The van der Waals surface area contributed by atoms with Gasteiger partial charge in [0.05, 0.1) is 0 Å². The zero-order valence-corrected chi connectivity index (χ0v) is 19.4. The number of benzene rings is 2. The topological polar surface area (TPSA) is 0 Å². The molecule has 0 spiro atoms. The second-order valence-corrected chi connectivity index (χ2v) is 49.9. The molecule has 2 aliphatic rings. The van der Waals surface area contributed by atoms with Gasteiger partial charge in [0.2, 0.25) is 0 Å². The molecule has 0 N–H and O–H groups in total. The van der Waals surface area contributed by atoms with Crippen LogP contribution >= 0.6 is 0 Å². The van der Waals surface area contributed by atoms with Crippen LogP contribution in [0.25, 0.3) is 11.1 Å². The summed E-state index contributed by atoms with van der Waals surface area (Å²) in [6, 6.07) is 16.0. The van der Waals surface area contributed by atoms with E-state index in [4.69, 9.17) is 0 Å². The van der Waals surface area contributed by atoms with Crippen molar-refractivity contribution in [2.45, 2.75) is 29.0 Å². The van der Waals surface area contributed by atoms with E-state index in [1.807, 2.05) is 0 Å². The monoisotopic (exact) mass is 396 g/mol. The molecule has 2 heteroatoms. The SMILES string of the molecule is CC1=[C]([ZrH2]([CH3])([CH3])(=[SiH2])[c]2cccc3c2Cc2ccccc2-3)CC=C1. The molecule has 0 saturated carbocycles. The van der Waals surface area contributed by atoms with Gasteiger partial charge in [-0.15, -0.1) is 0 Å².